The lowest BCUT2D eigenvalue weighted by atomic mass is 10.1. The molecule has 2 aromatic heterocycles. The van der Waals surface area contributed by atoms with Gasteiger partial charge in [-0.25, -0.2) is 4.73 Å². The van der Waals surface area contributed by atoms with E-state index in [0.717, 1.165) is 21.7 Å². The van der Waals surface area contributed by atoms with Crippen molar-refractivity contribution < 1.29 is 4.73 Å². The molecule has 0 saturated carbocycles. The molecule has 0 N–H and O–H groups in total. The second-order valence-corrected chi connectivity index (χ2v) is 4.36. The van der Waals surface area contributed by atoms with Crippen molar-refractivity contribution in [1.82, 2.24) is 9.55 Å². The second-order valence-electron chi connectivity index (χ2n) is 4.36. The van der Waals surface area contributed by atoms with Crippen LogP contribution in [0.2, 0.25) is 0 Å². The molecule has 94 valence electrons. The lowest BCUT2D eigenvalue weighted by Gasteiger charge is -2.09. The zero-order valence-electron chi connectivity index (χ0n) is 10.5. The van der Waals surface area contributed by atoms with Crippen molar-refractivity contribution in [3.05, 3.63) is 66.3 Å². The fourth-order valence-corrected chi connectivity index (χ4v) is 2.09. The normalized spacial score (nSPS) is 10.6. The first-order valence-electron chi connectivity index (χ1n) is 6.02. The molecular formula is C15H13N3O. The Balaban J connectivity index is 2.14. The Morgan fingerprint density at radius 3 is 2.58 bits per heavy atom. The predicted molar refractivity (Wildman–Crippen MR) is 73.0 cm³/mol. The van der Waals surface area contributed by atoms with Gasteiger partial charge in [0, 0.05) is 24.9 Å². The standard InChI is InChI=1S/C15H13N3O/c1-17-9-5-8-14(17)13-10-15(18(19)11-16-13)12-6-3-2-4-7-12/h2-11H,1H3. The minimum Gasteiger partial charge on any atom is -0.710 e. The Labute approximate surface area is 111 Å². The molecule has 2 heterocycles. The van der Waals surface area contributed by atoms with Crippen LogP contribution in [-0.2, 0) is 7.05 Å². The van der Waals surface area contributed by atoms with Gasteiger partial charge in [-0.05, 0) is 17.1 Å². The maximum atomic E-state index is 11.9. The Kier molecular flexibility index (Phi) is 2.76. The minimum absolute atomic E-state index is 0.604. The van der Waals surface area contributed by atoms with E-state index < -0.39 is 0 Å². The first kappa shape index (κ1) is 11.5. The lowest BCUT2D eigenvalue weighted by Crippen LogP contribution is -2.29. The van der Waals surface area contributed by atoms with Gasteiger partial charge in [0.2, 0.25) is 5.69 Å². The van der Waals surface area contributed by atoms with Gasteiger partial charge in [-0.2, -0.15) is 0 Å². The first-order chi connectivity index (χ1) is 9.25. The Morgan fingerprint density at radius 2 is 1.89 bits per heavy atom. The summed E-state index contributed by atoms with van der Waals surface area (Å²) in [7, 11) is 1.96. The quantitative estimate of drug-likeness (QED) is 0.518. The van der Waals surface area contributed by atoms with Gasteiger partial charge in [0.1, 0.15) is 5.69 Å². The summed E-state index contributed by atoms with van der Waals surface area (Å²) in [4.78, 5) is 4.20. The predicted octanol–water partition coefficient (Wildman–Crippen LogP) is 2.39. The van der Waals surface area contributed by atoms with Crippen molar-refractivity contribution in [2.75, 3.05) is 0 Å². The van der Waals surface area contributed by atoms with Crippen LogP contribution < -0.4 is 4.73 Å². The smallest absolute Gasteiger partial charge is 0.290 e. The van der Waals surface area contributed by atoms with Crippen LogP contribution in [0.4, 0.5) is 0 Å². The van der Waals surface area contributed by atoms with Gasteiger partial charge in [0.15, 0.2) is 0 Å². The lowest BCUT2D eigenvalue weighted by molar-refractivity contribution is -0.597. The van der Waals surface area contributed by atoms with Gasteiger partial charge < -0.3 is 9.77 Å². The van der Waals surface area contributed by atoms with Gasteiger partial charge in [-0.1, -0.05) is 30.3 Å². The van der Waals surface area contributed by atoms with Crippen LogP contribution in [0, 0.1) is 5.21 Å². The minimum atomic E-state index is 0.604. The van der Waals surface area contributed by atoms with Crippen molar-refractivity contribution in [2.24, 2.45) is 7.05 Å². The van der Waals surface area contributed by atoms with Gasteiger partial charge in [0.05, 0.1) is 5.69 Å². The first-order valence-corrected chi connectivity index (χ1v) is 6.02. The maximum absolute atomic E-state index is 11.9. The highest BCUT2D eigenvalue weighted by Crippen LogP contribution is 2.21. The van der Waals surface area contributed by atoms with Gasteiger partial charge in [0.25, 0.3) is 6.33 Å². The zero-order chi connectivity index (χ0) is 13.2. The van der Waals surface area contributed by atoms with Gasteiger partial charge in [-0.15, -0.1) is 0 Å². The Hall–Kier alpha value is -2.62. The van der Waals surface area contributed by atoms with E-state index in [-0.39, 0.29) is 0 Å². The van der Waals surface area contributed by atoms with Crippen LogP contribution in [0.15, 0.2) is 61.1 Å². The summed E-state index contributed by atoms with van der Waals surface area (Å²) >= 11 is 0. The van der Waals surface area contributed by atoms with E-state index in [1.165, 1.54) is 6.33 Å². The number of benzene rings is 1. The SMILES string of the molecule is Cn1cccc1-c1cc(-c2ccccc2)[n+]([O-])cn1. The van der Waals surface area contributed by atoms with E-state index in [1.54, 1.807) is 0 Å². The molecule has 0 aliphatic carbocycles. The third-order valence-electron chi connectivity index (χ3n) is 3.09. The molecule has 0 aliphatic heterocycles. The van der Waals surface area contributed by atoms with Crippen molar-refractivity contribution >= 4 is 0 Å². The van der Waals surface area contributed by atoms with E-state index in [4.69, 9.17) is 0 Å². The molecule has 3 rings (SSSR count). The zero-order valence-corrected chi connectivity index (χ0v) is 10.5. The molecule has 0 saturated heterocycles. The van der Waals surface area contributed by atoms with Crippen molar-refractivity contribution in [2.45, 2.75) is 0 Å². The van der Waals surface area contributed by atoms with Crippen molar-refractivity contribution in [3.8, 4) is 22.6 Å². The number of hydrogen-bond acceptors (Lipinski definition) is 2. The summed E-state index contributed by atoms with van der Waals surface area (Å²) in [6.07, 6.45) is 3.27. The van der Waals surface area contributed by atoms with Crippen molar-refractivity contribution in [3.63, 3.8) is 0 Å². The molecule has 0 amide bonds. The third kappa shape index (κ3) is 2.08. The average molecular weight is 251 g/mol. The van der Waals surface area contributed by atoms with Crippen LogP contribution >= 0.6 is 0 Å². The monoisotopic (exact) mass is 251 g/mol. The van der Waals surface area contributed by atoms with Crippen LogP contribution in [-0.4, -0.2) is 9.55 Å². The topological polar surface area (TPSA) is 44.8 Å². The summed E-state index contributed by atoms with van der Waals surface area (Å²) in [5.41, 5.74) is 3.26. The molecule has 0 bridgehead atoms. The van der Waals surface area contributed by atoms with Gasteiger partial charge in [-0.3, -0.25) is 0 Å². The summed E-state index contributed by atoms with van der Waals surface area (Å²) in [5.74, 6) is 0. The number of aryl methyl sites for hydroxylation is 1. The fourth-order valence-electron chi connectivity index (χ4n) is 2.09. The number of aromatic nitrogens is 3. The second kappa shape index (κ2) is 4.57. The van der Waals surface area contributed by atoms with E-state index in [9.17, 15) is 5.21 Å². The molecule has 3 aromatic rings. The van der Waals surface area contributed by atoms with E-state index >= 15 is 0 Å². The molecule has 4 heteroatoms. The summed E-state index contributed by atoms with van der Waals surface area (Å²) < 4.78 is 2.77. The number of rotatable bonds is 2. The molecule has 0 atom stereocenters. The van der Waals surface area contributed by atoms with E-state index in [2.05, 4.69) is 4.98 Å². The third-order valence-corrected chi connectivity index (χ3v) is 3.09. The van der Waals surface area contributed by atoms with Crippen LogP contribution in [0.3, 0.4) is 0 Å². The van der Waals surface area contributed by atoms with E-state index in [1.807, 2.05) is 66.3 Å². The van der Waals surface area contributed by atoms with Crippen molar-refractivity contribution in [1.29, 1.82) is 0 Å². The Bertz CT molecular complexity index is 704. The number of hydrogen-bond donors (Lipinski definition) is 0. The molecule has 1 aromatic carbocycles. The summed E-state index contributed by atoms with van der Waals surface area (Å²) in [6, 6.07) is 15.3. The fraction of sp³-hybridized carbons (Fsp3) is 0.0667. The van der Waals surface area contributed by atoms with Crippen LogP contribution in [0.1, 0.15) is 0 Å². The average Bonchev–Trinajstić information content (AvgIpc) is 2.87. The number of nitrogens with zero attached hydrogens (tertiary/aromatic N) is 3. The molecule has 0 fully saturated rings. The molecule has 0 unspecified atom stereocenters. The molecule has 0 spiro atoms. The summed E-state index contributed by atoms with van der Waals surface area (Å²) in [5, 5.41) is 11.9. The van der Waals surface area contributed by atoms with Crippen LogP contribution in [0.25, 0.3) is 22.6 Å². The van der Waals surface area contributed by atoms with E-state index in [0.29, 0.717) is 5.69 Å². The molecule has 0 radical (unpaired) electrons. The molecule has 4 nitrogen and oxygen atoms in total. The summed E-state index contributed by atoms with van der Waals surface area (Å²) in [6.45, 7) is 0. The molecule has 19 heavy (non-hydrogen) atoms. The highest BCUT2D eigenvalue weighted by atomic mass is 16.5. The maximum Gasteiger partial charge on any atom is 0.290 e. The van der Waals surface area contributed by atoms with Gasteiger partial charge >= 0.3 is 0 Å². The molecule has 0 aliphatic rings. The Morgan fingerprint density at radius 1 is 1.11 bits per heavy atom. The molecular weight excluding hydrogens is 238 g/mol. The largest absolute Gasteiger partial charge is 0.710 e. The van der Waals surface area contributed by atoms with Crippen LogP contribution in [0.5, 0.6) is 0 Å². The highest BCUT2D eigenvalue weighted by molar-refractivity contribution is 5.63. The highest BCUT2D eigenvalue weighted by Gasteiger charge is 2.13.